The molecule has 1 aliphatic heterocycles. The van der Waals surface area contributed by atoms with Crippen LogP contribution in [0, 0.1) is 6.92 Å². The van der Waals surface area contributed by atoms with Crippen LogP contribution in [0.3, 0.4) is 0 Å². The molecule has 0 bridgehead atoms. The minimum atomic E-state index is -0.465. The zero-order valence-electron chi connectivity index (χ0n) is 12.3. The second-order valence-corrected chi connectivity index (χ2v) is 5.48. The molecule has 1 aromatic rings. The minimum Gasteiger partial charge on any atom is -0.491 e. The molecule has 1 aliphatic rings. The molecule has 4 nitrogen and oxygen atoms in total. The Balaban J connectivity index is 1.56. The summed E-state index contributed by atoms with van der Waals surface area (Å²) in [6, 6.07) is 7.88. The van der Waals surface area contributed by atoms with Crippen molar-refractivity contribution < 1.29 is 9.84 Å². The van der Waals surface area contributed by atoms with Crippen LogP contribution in [-0.2, 0) is 0 Å². The molecule has 2 rings (SSSR count). The van der Waals surface area contributed by atoms with Crippen molar-refractivity contribution in [3.63, 3.8) is 0 Å². The number of likely N-dealkylation sites (tertiary alicyclic amines) is 1. The molecule has 1 heterocycles. The van der Waals surface area contributed by atoms with Crippen LogP contribution in [0.25, 0.3) is 0 Å². The van der Waals surface area contributed by atoms with Gasteiger partial charge in [0.25, 0.3) is 0 Å². The molecule has 0 saturated carbocycles. The van der Waals surface area contributed by atoms with Crippen molar-refractivity contribution in [1.29, 1.82) is 0 Å². The number of aliphatic hydroxyl groups excluding tert-OH is 1. The molecule has 20 heavy (non-hydrogen) atoms. The topological polar surface area (TPSA) is 44.7 Å². The van der Waals surface area contributed by atoms with Gasteiger partial charge in [-0.3, -0.25) is 0 Å². The second kappa shape index (κ2) is 8.25. The lowest BCUT2D eigenvalue weighted by molar-refractivity contribution is 0.105. The monoisotopic (exact) mass is 278 g/mol. The number of nitrogens with zero attached hydrogens (tertiary/aromatic N) is 1. The van der Waals surface area contributed by atoms with Gasteiger partial charge in [-0.15, -0.1) is 0 Å². The van der Waals surface area contributed by atoms with Crippen LogP contribution in [0.1, 0.15) is 18.4 Å². The van der Waals surface area contributed by atoms with E-state index in [0.717, 1.165) is 24.4 Å². The van der Waals surface area contributed by atoms with Crippen molar-refractivity contribution in [2.75, 3.05) is 39.3 Å². The fourth-order valence-corrected chi connectivity index (χ4v) is 2.48. The number of hydrogen-bond acceptors (Lipinski definition) is 4. The quantitative estimate of drug-likeness (QED) is 0.706. The van der Waals surface area contributed by atoms with Crippen LogP contribution < -0.4 is 10.1 Å². The van der Waals surface area contributed by atoms with Gasteiger partial charge in [0.1, 0.15) is 18.5 Å². The van der Waals surface area contributed by atoms with Gasteiger partial charge in [0, 0.05) is 19.6 Å². The van der Waals surface area contributed by atoms with Crippen LogP contribution in [0.5, 0.6) is 5.75 Å². The number of nitrogens with one attached hydrogen (secondary N) is 1. The maximum absolute atomic E-state index is 9.89. The van der Waals surface area contributed by atoms with Crippen molar-refractivity contribution in [3.8, 4) is 5.75 Å². The summed E-state index contributed by atoms with van der Waals surface area (Å²) in [4.78, 5) is 2.46. The van der Waals surface area contributed by atoms with Gasteiger partial charge in [0.2, 0.25) is 0 Å². The summed E-state index contributed by atoms with van der Waals surface area (Å²) in [5.41, 5.74) is 1.10. The van der Waals surface area contributed by atoms with Crippen LogP contribution >= 0.6 is 0 Å². The van der Waals surface area contributed by atoms with E-state index in [2.05, 4.69) is 10.2 Å². The van der Waals surface area contributed by atoms with Crippen molar-refractivity contribution in [3.05, 3.63) is 29.8 Å². The van der Waals surface area contributed by atoms with E-state index in [4.69, 9.17) is 4.74 Å². The predicted molar refractivity (Wildman–Crippen MR) is 81.2 cm³/mol. The van der Waals surface area contributed by atoms with Crippen molar-refractivity contribution in [2.45, 2.75) is 25.9 Å². The largest absolute Gasteiger partial charge is 0.491 e. The Morgan fingerprint density at radius 1 is 1.30 bits per heavy atom. The number of aryl methyl sites for hydroxylation is 1. The van der Waals surface area contributed by atoms with Gasteiger partial charge < -0.3 is 20.1 Å². The zero-order valence-corrected chi connectivity index (χ0v) is 12.3. The van der Waals surface area contributed by atoms with Crippen LogP contribution in [0.4, 0.5) is 0 Å². The third-order valence-corrected chi connectivity index (χ3v) is 3.71. The Hall–Kier alpha value is -1.10. The SMILES string of the molecule is Cc1ccccc1OCC(O)CNCCN1CCCC1. The molecule has 4 heteroatoms. The van der Waals surface area contributed by atoms with Gasteiger partial charge >= 0.3 is 0 Å². The Morgan fingerprint density at radius 3 is 2.80 bits per heavy atom. The van der Waals surface area contributed by atoms with E-state index in [9.17, 15) is 5.11 Å². The number of aliphatic hydroxyl groups is 1. The van der Waals surface area contributed by atoms with E-state index >= 15 is 0 Å². The fourth-order valence-electron chi connectivity index (χ4n) is 2.48. The predicted octanol–water partition coefficient (Wildman–Crippen LogP) is 1.42. The van der Waals surface area contributed by atoms with Crippen molar-refractivity contribution in [1.82, 2.24) is 10.2 Å². The highest BCUT2D eigenvalue weighted by Gasteiger charge is 2.11. The first-order valence-electron chi connectivity index (χ1n) is 7.55. The van der Waals surface area contributed by atoms with Crippen molar-refractivity contribution in [2.24, 2.45) is 0 Å². The normalized spacial score (nSPS) is 17.3. The maximum atomic E-state index is 9.89. The molecule has 0 spiro atoms. The summed E-state index contributed by atoms with van der Waals surface area (Å²) < 4.78 is 5.63. The van der Waals surface area contributed by atoms with Crippen LogP contribution in [-0.4, -0.2) is 55.4 Å². The molecule has 1 aromatic carbocycles. The smallest absolute Gasteiger partial charge is 0.122 e. The first kappa shape index (κ1) is 15.3. The van der Waals surface area contributed by atoms with Crippen LogP contribution in [0.2, 0.25) is 0 Å². The van der Waals surface area contributed by atoms with Gasteiger partial charge in [-0.2, -0.15) is 0 Å². The second-order valence-electron chi connectivity index (χ2n) is 5.48. The number of benzene rings is 1. The third kappa shape index (κ3) is 5.12. The summed E-state index contributed by atoms with van der Waals surface area (Å²) >= 11 is 0. The average Bonchev–Trinajstić information content (AvgIpc) is 2.96. The van der Waals surface area contributed by atoms with Gasteiger partial charge in [-0.05, 0) is 44.5 Å². The highest BCUT2D eigenvalue weighted by molar-refractivity contribution is 5.31. The van der Waals surface area contributed by atoms with Gasteiger partial charge in [-0.1, -0.05) is 18.2 Å². The Kier molecular flexibility index (Phi) is 6.30. The molecule has 0 radical (unpaired) electrons. The summed E-state index contributed by atoms with van der Waals surface area (Å²) in [5.74, 6) is 0.851. The zero-order chi connectivity index (χ0) is 14.2. The average molecular weight is 278 g/mol. The maximum Gasteiger partial charge on any atom is 0.122 e. The molecular weight excluding hydrogens is 252 g/mol. The minimum absolute atomic E-state index is 0.335. The molecule has 1 fully saturated rings. The first-order valence-corrected chi connectivity index (χ1v) is 7.55. The van der Waals surface area contributed by atoms with E-state index in [1.807, 2.05) is 31.2 Å². The van der Waals surface area contributed by atoms with E-state index in [1.165, 1.54) is 25.9 Å². The summed E-state index contributed by atoms with van der Waals surface area (Å²) in [6.45, 7) is 7.38. The number of rotatable bonds is 8. The molecule has 0 aromatic heterocycles. The highest BCUT2D eigenvalue weighted by atomic mass is 16.5. The van der Waals surface area contributed by atoms with Gasteiger partial charge in [0.15, 0.2) is 0 Å². The Bertz CT molecular complexity index is 392. The number of para-hydroxylation sites is 1. The molecule has 2 N–H and O–H groups in total. The van der Waals surface area contributed by atoms with Crippen LogP contribution in [0.15, 0.2) is 24.3 Å². The lowest BCUT2D eigenvalue weighted by Crippen LogP contribution is -2.36. The summed E-state index contributed by atoms with van der Waals surface area (Å²) in [7, 11) is 0. The van der Waals surface area contributed by atoms with E-state index < -0.39 is 6.10 Å². The highest BCUT2D eigenvalue weighted by Crippen LogP contribution is 2.16. The molecule has 0 aliphatic carbocycles. The van der Waals surface area contributed by atoms with Gasteiger partial charge in [-0.25, -0.2) is 0 Å². The van der Waals surface area contributed by atoms with E-state index in [-0.39, 0.29) is 0 Å². The summed E-state index contributed by atoms with van der Waals surface area (Å²) in [5, 5.41) is 13.2. The molecule has 112 valence electrons. The molecule has 1 unspecified atom stereocenters. The van der Waals surface area contributed by atoms with Gasteiger partial charge in [0.05, 0.1) is 0 Å². The fraction of sp³-hybridized carbons (Fsp3) is 0.625. The first-order chi connectivity index (χ1) is 9.75. The van der Waals surface area contributed by atoms with E-state index in [0.29, 0.717) is 13.2 Å². The van der Waals surface area contributed by atoms with E-state index in [1.54, 1.807) is 0 Å². The molecule has 1 saturated heterocycles. The standard InChI is InChI=1S/C16H26N2O2/c1-14-6-2-3-7-16(14)20-13-15(19)12-17-8-11-18-9-4-5-10-18/h2-3,6-7,15,17,19H,4-5,8-13H2,1H3. The third-order valence-electron chi connectivity index (χ3n) is 3.71. The molecule has 1 atom stereocenters. The molecule has 0 amide bonds. The van der Waals surface area contributed by atoms with Crippen molar-refractivity contribution >= 4 is 0 Å². The number of hydrogen-bond donors (Lipinski definition) is 2. The Labute approximate surface area is 121 Å². The molecular formula is C16H26N2O2. The number of ether oxygens (including phenoxy) is 1. The summed E-state index contributed by atoms with van der Waals surface area (Å²) in [6.07, 6.45) is 2.19. The lowest BCUT2D eigenvalue weighted by atomic mass is 10.2. The Morgan fingerprint density at radius 2 is 2.05 bits per heavy atom. The lowest BCUT2D eigenvalue weighted by Gasteiger charge is -2.17.